The lowest BCUT2D eigenvalue weighted by atomic mass is 9.97. The summed E-state index contributed by atoms with van der Waals surface area (Å²) >= 11 is 1.40. The molecule has 3 heterocycles. The molecule has 0 aliphatic carbocycles. The zero-order chi connectivity index (χ0) is 21.6. The van der Waals surface area contributed by atoms with Crippen LogP contribution < -0.4 is 10.6 Å². The number of amides is 2. The van der Waals surface area contributed by atoms with Crippen molar-refractivity contribution < 1.29 is 9.59 Å². The molecule has 1 aromatic carbocycles. The third-order valence-corrected chi connectivity index (χ3v) is 5.88. The maximum Gasteiger partial charge on any atom is 0.259 e. The summed E-state index contributed by atoms with van der Waals surface area (Å²) in [5.41, 5.74) is 1.84. The highest BCUT2D eigenvalue weighted by molar-refractivity contribution is 7.13. The van der Waals surface area contributed by atoms with Crippen molar-refractivity contribution in [3.63, 3.8) is 0 Å². The lowest BCUT2D eigenvalue weighted by Crippen LogP contribution is -2.40. The summed E-state index contributed by atoms with van der Waals surface area (Å²) in [4.78, 5) is 40.2. The van der Waals surface area contributed by atoms with Gasteiger partial charge in [0.15, 0.2) is 5.13 Å². The van der Waals surface area contributed by atoms with Gasteiger partial charge < -0.3 is 10.6 Å². The number of nitrogens with one attached hydrogen (secondary N) is 2. The highest BCUT2D eigenvalue weighted by Crippen LogP contribution is 2.25. The van der Waals surface area contributed by atoms with Crippen molar-refractivity contribution in [2.45, 2.75) is 25.7 Å². The number of thiazole rings is 1. The van der Waals surface area contributed by atoms with E-state index in [-0.39, 0.29) is 17.7 Å². The van der Waals surface area contributed by atoms with Crippen LogP contribution in [0.5, 0.6) is 0 Å². The maximum atomic E-state index is 12.6. The highest BCUT2D eigenvalue weighted by atomic mass is 32.1. The average Bonchev–Trinajstić information content (AvgIpc) is 3.27. The van der Waals surface area contributed by atoms with Gasteiger partial charge in [-0.3, -0.25) is 14.5 Å². The fourth-order valence-electron chi connectivity index (χ4n) is 3.68. The van der Waals surface area contributed by atoms with Gasteiger partial charge in [0.25, 0.3) is 5.91 Å². The Kier molecular flexibility index (Phi) is 6.63. The van der Waals surface area contributed by atoms with Gasteiger partial charge in [0.05, 0.1) is 17.8 Å². The molecular formula is C22H24N6O2S. The van der Waals surface area contributed by atoms with Gasteiger partial charge in [-0.05, 0) is 38.4 Å². The molecule has 0 radical (unpaired) electrons. The molecule has 2 aromatic heterocycles. The van der Waals surface area contributed by atoms with Gasteiger partial charge in [-0.15, -0.1) is 11.3 Å². The molecule has 4 rings (SSSR count). The van der Waals surface area contributed by atoms with Crippen molar-refractivity contribution in [2.24, 2.45) is 0 Å². The minimum atomic E-state index is -0.223. The van der Waals surface area contributed by atoms with Crippen LogP contribution >= 0.6 is 11.3 Å². The minimum Gasteiger partial charge on any atom is -0.322 e. The number of para-hydroxylation sites is 1. The van der Waals surface area contributed by atoms with E-state index in [1.54, 1.807) is 12.4 Å². The molecule has 3 aromatic rings. The summed E-state index contributed by atoms with van der Waals surface area (Å²) in [5, 5.41) is 8.13. The van der Waals surface area contributed by atoms with Crippen LogP contribution in [0.3, 0.4) is 0 Å². The number of benzene rings is 1. The molecule has 0 saturated carbocycles. The van der Waals surface area contributed by atoms with E-state index in [9.17, 15) is 9.59 Å². The number of aryl methyl sites for hydroxylation is 1. The third-order valence-electron chi connectivity index (χ3n) is 5.19. The van der Waals surface area contributed by atoms with Crippen LogP contribution in [-0.4, -0.2) is 51.3 Å². The number of anilines is 2. The number of likely N-dealkylation sites (tertiary alicyclic amines) is 1. The first kappa shape index (κ1) is 21.1. The molecule has 1 atom stereocenters. The molecule has 0 unspecified atom stereocenters. The second kappa shape index (κ2) is 9.76. The fourth-order valence-corrected chi connectivity index (χ4v) is 4.23. The van der Waals surface area contributed by atoms with Gasteiger partial charge in [-0.2, -0.15) is 0 Å². The maximum absolute atomic E-state index is 12.6. The second-order valence-corrected chi connectivity index (χ2v) is 8.40. The van der Waals surface area contributed by atoms with Gasteiger partial charge in [0, 0.05) is 35.9 Å². The van der Waals surface area contributed by atoms with E-state index in [4.69, 9.17) is 0 Å². The minimum absolute atomic E-state index is 0.0689. The molecule has 1 aliphatic heterocycles. The first-order valence-electron chi connectivity index (χ1n) is 10.2. The van der Waals surface area contributed by atoms with Crippen LogP contribution in [0.4, 0.5) is 10.8 Å². The predicted octanol–water partition coefficient (Wildman–Crippen LogP) is 3.31. The van der Waals surface area contributed by atoms with E-state index in [1.807, 2.05) is 42.6 Å². The quantitative estimate of drug-likeness (QED) is 0.615. The summed E-state index contributed by atoms with van der Waals surface area (Å²) in [6.07, 6.45) is 5.19. The zero-order valence-corrected chi connectivity index (χ0v) is 18.1. The Labute approximate surface area is 184 Å². The van der Waals surface area contributed by atoms with Crippen molar-refractivity contribution in [1.82, 2.24) is 19.9 Å². The van der Waals surface area contributed by atoms with E-state index in [0.29, 0.717) is 29.5 Å². The largest absolute Gasteiger partial charge is 0.322 e. The monoisotopic (exact) mass is 436 g/mol. The number of hydrogen-bond donors (Lipinski definition) is 2. The summed E-state index contributed by atoms with van der Waals surface area (Å²) in [6, 6.07) is 9.31. The number of aromatic nitrogens is 3. The van der Waals surface area contributed by atoms with Crippen LogP contribution in [0.25, 0.3) is 0 Å². The third kappa shape index (κ3) is 5.50. The standard InChI is InChI=1S/C22H24N6O2S/c1-15-18(21(30)26-17-7-3-2-4-8-17)12-24-20(25-15)16-6-5-10-28(13-16)14-19(29)27-22-23-9-11-31-22/h2-4,7-9,11-12,16H,5-6,10,13-14H2,1H3,(H,26,30)(H,23,27,29)/t16-/m1/s1. The SMILES string of the molecule is Cc1nc([C@@H]2CCCN(CC(=O)Nc3nccs3)C2)ncc1C(=O)Nc1ccccc1. The summed E-state index contributed by atoms with van der Waals surface area (Å²) in [6.45, 7) is 3.71. The van der Waals surface area contributed by atoms with Gasteiger partial charge in [-0.25, -0.2) is 15.0 Å². The van der Waals surface area contributed by atoms with Crippen molar-refractivity contribution in [2.75, 3.05) is 30.3 Å². The molecule has 1 aliphatic rings. The van der Waals surface area contributed by atoms with E-state index in [2.05, 4.69) is 30.5 Å². The molecule has 0 bridgehead atoms. The molecule has 2 amide bonds. The molecule has 1 fully saturated rings. The van der Waals surface area contributed by atoms with Crippen molar-refractivity contribution >= 4 is 34.0 Å². The Morgan fingerprint density at radius 2 is 2.03 bits per heavy atom. The van der Waals surface area contributed by atoms with Gasteiger partial charge in [0.2, 0.25) is 5.91 Å². The molecule has 1 saturated heterocycles. The Morgan fingerprint density at radius 3 is 2.77 bits per heavy atom. The highest BCUT2D eigenvalue weighted by Gasteiger charge is 2.26. The Morgan fingerprint density at radius 1 is 1.19 bits per heavy atom. The van der Waals surface area contributed by atoms with Crippen LogP contribution in [0.15, 0.2) is 48.1 Å². The van der Waals surface area contributed by atoms with E-state index in [1.165, 1.54) is 11.3 Å². The topological polar surface area (TPSA) is 100 Å². The number of nitrogens with zero attached hydrogens (tertiary/aromatic N) is 4. The zero-order valence-electron chi connectivity index (χ0n) is 17.2. The van der Waals surface area contributed by atoms with E-state index >= 15 is 0 Å². The van der Waals surface area contributed by atoms with E-state index < -0.39 is 0 Å². The first-order chi connectivity index (χ1) is 15.1. The van der Waals surface area contributed by atoms with Crippen LogP contribution in [0.1, 0.15) is 40.6 Å². The Hall–Kier alpha value is -3.17. The molecule has 31 heavy (non-hydrogen) atoms. The Bertz CT molecular complexity index is 1040. The number of piperidine rings is 1. The average molecular weight is 437 g/mol. The molecule has 2 N–H and O–H groups in total. The number of carbonyl (C=O) groups is 2. The normalized spacial score (nSPS) is 16.6. The van der Waals surface area contributed by atoms with Gasteiger partial charge in [-0.1, -0.05) is 18.2 Å². The van der Waals surface area contributed by atoms with Crippen molar-refractivity contribution in [1.29, 1.82) is 0 Å². The van der Waals surface area contributed by atoms with Gasteiger partial charge >= 0.3 is 0 Å². The number of rotatable bonds is 6. The molecule has 160 valence electrons. The summed E-state index contributed by atoms with van der Waals surface area (Å²) in [7, 11) is 0. The lowest BCUT2D eigenvalue weighted by Gasteiger charge is -2.31. The molecule has 0 spiro atoms. The van der Waals surface area contributed by atoms with E-state index in [0.717, 1.165) is 30.9 Å². The number of carbonyl (C=O) groups excluding carboxylic acids is 2. The fraction of sp³-hybridized carbons (Fsp3) is 0.318. The van der Waals surface area contributed by atoms with Gasteiger partial charge in [0.1, 0.15) is 5.82 Å². The summed E-state index contributed by atoms with van der Waals surface area (Å²) < 4.78 is 0. The Balaban J connectivity index is 1.38. The smallest absolute Gasteiger partial charge is 0.259 e. The molecule has 9 heteroatoms. The molecule has 8 nitrogen and oxygen atoms in total. The second-order valence-electron chi connectivity index (χ2n) is 7.51. The van der Waals surface area contributed by atoms with Crippen LogP contribution in [-0.2, 0) is 4.79 Å². The van der Waals surface area contributed by atoms with Crippen LogP contribution in [0, 0.1) is 6.92 Å². The van der Waals surface area contributed by atoms with Crippen molar-refractivity contribution in [3.05, 3.63) is 65.2 Å². The first-order valence-corrected chi connectivity index (χ1v) is 11.1. The van der Waals surface area contributed by atoms with Crippen molar-refractivity contribution in [3.8, 4) is 0 Å². The predicted molar refractivity (Wildman–Crippen MR) is 120 cm³/mol. The summed E-state index contributed by atoms with van der Waals surface area (Å²) in [5.74, 6) is 0.560. The molecular weight excluding hydrogens is 412 g/mol. The lowest BCUT2D eigenvalue weighted by molar-refractivity contribution is -0.117. The number of hydrogen-bond acceptors (Lipinski definition) is 7. The van der Waals surface area contributed by atoms with Crippen LogP contribution in [0.2, 0.25) is 0 Å².